The summed E-state index contributed by atoms with van der Waals surface area (Å²) in [5.74, 6) is -0.846. The Morgan fingerprint density at radius 2 is 1.95 bits per heavy atom. The standard InChI is InChI=1S/C26H20FN7O3S/c1-14(18-8-7-17(27)12-29-18)31-22-11-20(33-26(34-22)32-19-6-3-9-28-23(19)35)21-13-30-24(38-21)15-4-2-5-16(10-15)25(36)37/h2-14H,1H3,(H,28,35)(H,36,37)(H2,31,32,33,34). The van der Waals surface area contributed by atoms with Crippen LogP contribution in [0.1, 0.15) is 29.0 Å². The predicted molar refractivity (Wildman–Crippen MR) is 142 cm³/mol. The summed E-state index contributed by atoms with van der Waals surface area (Å²) >= 11 is 1.33. The van der Waals surface area contributed by atoms with Crippen LogP contribution in [0.15, 0.2) is 78.0 Å². The monoisotopic (exact) mass is 529 g/mol. The number of aromatic carboxylic acids is 1. The minimum atomic E-state index is -1.02. The van der Waals surface area contributed by atoms with Crippen LogP contribution in [0.3, 0.4) is 0 Å². The summed E-state index contributed by atoms with van der Waals surface area (Å²) in [4.78, 5) is 44.5. The van der Waals surface area contributed by atoms with Crippen LogP contribution in [0.4, 0.5) is 21.8 Å². The second-order valence-corrected chi connectivity index (χ2v) is 9.21. The van der Waals surface area contributed by atoms with Crippen molar-refractivity contribution in [3.8, 4) is 21.1 Å². The number of hydrogen-bond donors (Lipinski definition) is 4. The van der Waals surface area contributed by atoms with Gasteiger partial charge in [0, 0.05) is 24.0 Å². The van der Waals surface area contributed by atoms with Crippen LogP contribution in [0.2, 0.25) is 0 Å². The first-order valence-electron chi connectivity index (χ1n) is 11.4. The number of aromatic amines is 1. The Morgan fingerprint density at radius 1 is 1.08 bits per heavy atom. The molecule has 4 N–H and O–H groups in total. The van der Waals surface area contributed by atoms with Crippen molar-refractivity contribution >= 4 is 34.8 Å². The SMILES string of the molecule is CC(Nc1cc(-c2cnc(-c3cccc(C(=O)O)c3)s2)nc(Nc2ccc[nH]c2=O)n1)c1ccc(F)cn1. The first kappa shape index (κ1) is 24.7. The van der Waals surface area contributed by atoms with Gasteiger partial charge in [0.15, 0.2) is 0 Å². The van der Waals surface area contributed by atoms with Gasteiger partial charge in [-0.15, -0.1) is 11.3 Å². The molecule has 10 nitrogen and oxygen atoms in total. The summed E-state index contributed by atoms with van der Waals surface area (Å²) in [5.41, 5.74) is 1.89. The maximum atomic E-state index is 13.3. The summed E-state index contributed by atoms with van der Waals surface area (Å²) in [5, 5.41) is 16.1. The molecule has 1 aromatic carbocycles. The lowest BCUT2D eigenvalue weighted by atomic mass is 10.1. The van der Waals surface area contributed by atoms with Gasteiger partial charge in [-0.2, -0.15) is 4.98 Å². The average molecular weight is 530 g/mol. The second kappa shape index (κ2) is 10.6. The maximum Gasteiger partial charge on any atom is 0.335 e. The Labute approximate surface area is 219 Å². The number of rotatable bonds is 8. The molecule has 0 saturated carbocycles. The highest BCUT2D eigenvalue weighted by Crippen LogP contribution is 2.33. The van der Waals surface area contributed by atoms with Crippen molar-refractivity contribution in [3.05, 3.63) is 101 Å². The molecule has 0 aliphatic carbocycles. The van der Waals surface area contributed by atoms with Gasteiger partial charge in [-0.1, -0.05) is 12.1 Å². The molecule has 0 amide bonds. The van der Waals surface area contributed by atoms with Crippen LogP contribution in [0, 0.1) is 5.82 Å². The van der Waals surface area contributed by atoms with Crippen molar-refractivity contribution in [1.82, 2.24) is 24.9 Å². The van der Waals surface area contributed by atoms with Crippen molar-refractivity contribution in [3.63, 3.8) is 0 Å². The molecule has 0 aliphatic heterocycles. The maximum absolute atomic E-state index is 13.3. The number of thiazole rings is 1. The summed E-state index contributed by atoms with van der Waals surface area (Å²) in [6.07, 6.45) is 4.31. The van der Waals surface area contributed by atoms with Gasteiger partial charge < -0.3 is 20.7 Å². The second-order valence-electron chi connectivity index (χ2n) is 8.18. The molecule has 5 aromatic rings. The molecule has 0 spiro atoms. The van der Waals surface area contributed by atoms with Crippen LogP contribution in [-0.2, 0) is 0 Å². The van der Waals surface area contributed by atoms with E-state index < -0.39 is 11.8 Å². The lowest BCUT2D eigenvalue weighted by molar-refractivity contribution is 0.0697. The van der Waals surface area contributed by atoms with E-state index >= 15 is 0 Å². The van der Waals surface area contributed by atoms with Gasteiger partial charge in [-0.3, -0.25) is 9.78 Å². The number of carboxylic acids is 1. The van der Waals surface area contributed by atoms with E-state index in [9.17, 15) is 19.1 Å². The molecule has 38 heavy (non-hydrogen) atoms. The Morgan fingerprint density at radius 3 is 2.71 bits per heavy atom. The van der Waals surface area contributed by atoms with E-state index in [1.165, 1.54) is 29.7 Å². The summed E-state index contributed by atoms with van der Waals surface area (Å²) in [6.45, 7) is 1.86. The van der Waals surface area contributed by atoms with E-state index in [0.29, 0.717) is 32.7 Å². The number of pyridine rings is 2. The summed E-state index contributed by atoms with van der Waals surface area (Å²) in [7, 11) is 0. The fourth-order valence-corrected chi connectivity index (χ4v) is 4.47. The van der Waals surface area contributed by atoms with Crippen molar-refractivity contribution in [1.29, 1.82) is 0 Å². The number of benzene rings is 1. The number of hydrogen-bond acceptors (Lipinski definition) is 9. The molecule has 5 rings (SSSR count). The molecule has 1 unspecified atom stereocenters. The fraction of sp³-hybridized carbons (Fsp3) is 0.0769. The highest BCUT2D eigenvalue weighted by atomic mass is 32.1. The van der Waals surface area contributed by atoms with Gasteiger partial charge in [0.05, 0.1) is 34.1 Å². The van der Waals surface area contributed by atoms with Crippen LogP contribution in [-0.4, -0.2) is 36.0 Å². The normalized spacial score (nSPS) is 11.6. The molecule has 1 atom stereocenters. The highest BCUT2D eigenvalue weighted by Gasteiger charge is 2.15. The third kappa shape index (κ3) is 5.55. The molecule has 0 radical (unpaired) electrons. The van der Waals surface area contributed by atoms with Crippen LogP contribution in [0.5, 0.6) is 0 Å². The van der Waals surface area contributed by atoms with Gasteiger partial charge in [-0.05, 0) is 43.3 Å². The van der Waals surface area contributed by atoms with Gasteiger partial charge >= 0.3 is 5.97 Å². The zero-order chi connectivity index (χ0) is 26.6. The van der Waals surface area contributed by atoms with Crippen molar-refractivity contribution in [2.24, 2.45) is 0 Å². The average Bonchev–Trinajstić information content (AvgIpc) is 3.41. The van der Waals surface area contributed by atoms with Crippen molar-refractivity contribution in [2.45, 2.75) is 13.0 Å². The van der Waals surface area contributed by atoms with E-state index in [2.05, 4.69) is 35.6 Å². The lowest BCUT2D eigenvalue weighted by Gasteiger charge is -2.15. The third-order valence-corrected chi connectivity index (χ3v) is 6.53. The molecule has 0 bridgehead atoms. The zero-order valence-electron chi connectivity index (χ0n) is 19.8. The van der Waals surface area contributed by atoms with Crippen molar-refractivity contribution in [2.75, 3.05) is 10.6 Å². The molecule has 0 fully saturated rings. The lowest BCUT2D eigenvalue weighted by Crippen LogP contribution is -2.14. The largest absolute Gasteiger partial charge is 0.478 e. The van der Waals surface area contributed by atoms with Gasteiger partial charge in [0.2, 0.25) is 5.95 Å². The number of carbonyl (C=O) groups is 1. The number of H-pyrrole nitrogens is 1. The molecule has 4 heterocycles. The number of nitrogens with one attached hydrogen (secondary N) is 3. The topological polar surface area (TPSA) is 146 Å². The zero-order valence-corrected chi connectivity index (χ0v) is 20.7. The first-order chi connectivity index (χ1) is 18.4. The Balaban J connectivity index is 1.51. The minimum absolute atomic E-state index is 0.163. The van der Waals surface area contributed by atoms with Crippen LogP contribution in [0.25, 0.3) is 21.1 Å². The highest BCUT2D eigenvalue weighted by molar-refractivity contribution is 7.18. The Hall–Kier alpha value is -4.97. The predicted octanol–water partition coefficient (Wildman–Crippen LogP) is 5.10. The molecule has 190 valence electrons. The number of carboxylic acid groups (broad SMARTS) is 1. The fourth-order valence-electron chi connectivity index (χ4n) is 3.59. The third-order valence-electron chi connectivity index (χ3n) is 5.46. The van der Waals surface area contributed by atoms with E-state index in [4.69, 9.17) is 0 Å². The van der Waals surface area contributed by atoms with Crippen molar-refractivity contribution < 1.29 is 14.3 Å². The summed E-state index contributed by atoms with van der Waals surface area (Å²) in [6, 6.07) is 14.1. The quantitative estimate of drug-likeness (QED) is 0.215. The summed E-state index contributed by atoms with van der Waals surface area (Å²) < 4.78 is 13.3. The van der Waals surface area contributed by atoms with E-state index in [0.717, 1.165) is 6.20 Å². The van der Waals surface area contributed by atoms with Gasteiger partial charge in [0.1, 0.15) is 22.3 Å². The number of aromatic nitrogens is 5. The van der Waals surface area contributed by atoms with E-state index in [1.54, 1.807) is 48.7 Å². The van der Waals surface area contributed by atoms with Gasteiger partial charge in [0.25, 0.3) is 5.56 Å². The Bertz CT molecular complexity index is 1670. The Kier molecular flexibility index (Phi) is 6.87. The molecule has 0 saturated heterocycles. The number of anilines is 3. The van der Waals surface area contributed by atoms with E-state index in [-0.39, 0.29) is 28.8 Å². The smallest absolute Gasteiger partial charge is 0.335 e. The van der Waals surface area contributed by atoms with Gasteiger partial charge in [-0.25, -0.2) is 19.2 Å². The first-order valence-corrected chi connectivity index (χ1v) is 12.2. The minimum Gasteiger partial charge on any atom is -0.478 e. The number of halogens is 1. The molecule has 4 aromatic heterocycles. The van der Waals surface area contributed by atoms with E-state index in [1.807, 2.05) is 6.92 Å². The molecular weight excluding hydrogens is 509 g/mol. The van der Waals surface area contributed by atoms with Crippen LogP contribution >= 0.6 is 11.3 Å². The number of nitrogens with zero attached hydrogens (tertiary/aromatic N) is 4. The molecular formula is C26H20FN7O3S. The van der Waals surface area contributed by atoms with Crippen LogP contribution < -0.4 is 16.2 Å². The molecule has 0 aliphatic rings. The molecule has 12 heteroatoms.